The molecule has 1 N–H and O–H groups in total. The molecule has 1 heterocycles. The number of carboxylic acids is 1. The summed E-state index contributed by atoms with van der Waals surface area (Å²) in [6.07, 6.45) is 0.241. The molecule has 0 saturated heterocycles. The van der Waals surface area contributed by atoms with Crippen molar-refractivity contribution in [2.75, 3.05) is 0 Å². The average Bonchev–Trinajstić information content (AvgIpc) is 2.76. The summed E-state index contributed by atoms with van der Waals surface area (Å²) in [4.78, 5) is 10.7. The number of nitrogens with zero attached hydrogens (tertiary/aromatic N) is 4. The lowest BCUT2D eigenvalue weighted by Crippen LogP contribution is -2.20. The van der Waals surface area contributed by atoms with E-state index in [0.29, 0.717) is 0 Å². The van der Waals surface area contributed by atoms with Crippen LogP contribution in [0.15, 0.2) is 44.9 Å². The Labute approximate surface area is 98.1 Å². The van der Waals surface area contributed by atoms with E-state index in [1.165, 1.54) is 0 Å². The lowest BCUT2D eigenvalue weighted by atomic mass is 9.94. The SMILES string of the molecule is Cc1cccc(C2(CCC(=O)O)N=NN=N2)c1. The Kier molecular flexibility index (Phi) is 2.95. The van der Waals surface area contributed by atoms with Gasteiger partial charge in [-0.25, -0.2) is 0 Å². The highest BCUT2D eigenvalue weighted by atomic mass is 16.4. The molecular formula is C11H12N4O2. The molecule has 6 heteroatoms. The summed E-state index contributed by atoms with van der Waals surface area (Å²) in [5, 5.41) is 23.7. The maximum Gasteiger partial charge on any atom is 0.303 e. The van der Waals surface area contributed by atoms with Gasteiger partial charge in [0.1, 0.15) is 0 Å². The highest BCUT2D eigenvalue weighted by molar-refractivity contribution is 5.66. The molecule has 0 aromatic heterocycles. The molecule has 0 spiro atoms. The second-order valence-electron chi connectivity index (χ2n) is 3.96. The molecule has 0 radical (unpaired) electrons. The highest BCUT2D eigenvalue weighted by Gasteiger charge is 2.35. The maximum absolute atomic E-state index is 10.7. The first-order chi connectivity index (χ1) is 8.12. The minimum atomic E-state index is -0.954. The number of aryl methyl sites for hydroxylation is 1. The first-order valence-electron chi connectivity index (χ1n) is 5.25. The van der Waals surface area contributed by atoms with Crippen molar-refractivity contribution in [1.29, 1.82) is 0 Å². The Morgan fingerprint density at radius 3 is 2.65 bits per heavy atom. The van der Waals surface area contributed by atoms with E-state index in [0.717, 1.165) is 11.1 Å². The minimum absolute atomic E-state index is 0.0218. The van der Waals surface area contributed by atoms with Crippen molar-refractivity contribution in [1.82, 2.24) is 0 Å². The van der Waals surface area contributed by atoms with Gasteiger partial charge < -0.3 is 5.11 Å². The van der Waals surface area contributed by atoms with Gasteiger partial charge in [-0.2, -0.15) is 0 Å². The van der Waals surface area contributed by atoms with Gasteiger partial charge in [0.15, 0.2) is 0 Å². The molecule has 0 fully saturated rings. The van der Waals surface area contributed by atoms with Crippen LogP contribution in [-0.4, -0.2) is 11.1 Å². The molecule has 1 aliphatic rings. The summed E-state index contributed by atoms with van der Waals surface area (Å²) in [6.45, 7) is 1.96. The number of rotatable bonds is 4. The summed E-state index contributed by atoms with van der Waals surface area (Å²) < 4.78 is 0. The zero-order chi connectivity index (χ0) is 12.3. The summed E-state index contributed by atoms with van der Waals surface area (Å²) in [5.41, 5.74) is 0.933. The standard InChI is InChI=1S/C11H12N4O2/c1-8-3-2-4-9(7-8)11(6-5-10(16)17)12-14-15-13-11/h2-4,7H,5-6H2,1H3,(H,16,17). The Balaban J connectivity index is 2.32. The fourth-order valence-electron chi connectivity index (χ4n) is 1.74. The number of hydrogen-bond acceptors (Lipinski definition) is 5. The molecule has 6 nitrogen and oxygen atoms in total. The predicted molar refractivity (Wildman–Crippen MR) is 59.4 cm³/mol. The smallest absolute Gasteiger partial charge is 0.303 e. The third-order valence-corrected chi connectivity index (χ3v) is 2.63. The van der Waals surface area contributed by atoms with Crippen LogP contribution in [0.4, 0.5) is 0 Å². The van der Waals surface area contributed by atoms with Crippen LogP contribution >= 0.6 is 0 Å². The van der Waals surface area contributed by atoms with Crippen LogP contribution in [0, 0.1) is 6.92 Å². The first kappa shape index (κ1) is 11.4. The molecule has 1 aromatic carbocycles. The van der Waals surface area contributed by atoms with Gasteiger partial charge in [0.25, 0.3) is 0 Å². The second kappa shape index (κ2) is 4.40. The Morgan fingerprint density at radius 1 is 1.35 bits per heavy atom. The van der Waals surface area contributed by atoms with E-state index < -0.39 is 11.6 Å². The van der Waals surface area contributed by atoms with Crippen LogP contribution in [0.3, 0.4) is 0 Å². The van der Waals surface area contributed by atoms with Gasteiger partial charge in [-0.05, 0) is 17.4 Å². The topological polar surface area (TPSA) is 86.7 Å². The van der Waals surface area contributed by atoms with E-state index >= 15 is 0 Å². The van der Waals surface area contributed by atoms with E-state index in [4.69, 9.17) is 5.11 Å². The van der Waals surface area contributed by atoms with Crippen LogP contribution in [-0.2, 0) is 10.5 Å². The Morgan fingerprint density at radius 2 is 2.06 bits per heavy atom. The summed E-state index contributed by atoms with van der Waals surface area (Å²) in [7, 11) is 0. The van der Waals surface area contributed by atoms with Gasteiger partial charge in [0.05, 0.1) is 0 Å². The zero-order valence-electron chi connectivity index (χ0n) is 9.37. The summed E-state index contributed by atoms with van der Waals surface area (Å²) >= 11 is 0. The van der Waals surface area contributed by atoms with Gasteiger partial charge in [0.2, 0.25) is 5.66 Å². The highest BCUT2D eigenvalue weighted by Crippen LogP contribution is 2.36. The third-order valence-electron chi connectivity index (χ3n) is 2.63. The van der Waals surface area contributed by atoms with Crippen molar-refractivity contribution in [3.05, 3.63) is 35.4 Å². The fraction of sp³-hybridized carbons (Fsp3) is 0.364. The van der Waals surface area contributed by atoms with Gasteiger partial charge >= 0.3 is 5.97 Å². The van der Waals surface area contributed by atoms with Crippen molar-refractivity contribution in [3.8, 4) is 0 Å². The van der Waals surface area contributed by atoms with Crippen molar-refractivity contribution in [3.63, 3.8) is 0 Å². The Hall–Kier alpha value is -2.11. The van der Waals surface area contributed by atoms with Gasteiger partial charge in [-0.1, -0.05) is 29.8 Å². The molecule has 0 atom stereocenters. The monoisotopic (exact) mass is 232 g/mol. The quantitative estimate of drug-likeness (QED) is 0.865. The zero-order valence-corrected chi connectivity index (χ0v) is 9.37. The predicted octanol–water partition coefficient (Wildman–Crippen LogP) is 2.85. The van der Waals surface area contributed by atoms with Crippen molar-refractivity contribution in [2.45, 2.75) is 25.4 Å². The Bertz CT molecular complexity index is 484. The van der Waals surface area contributed by atoms with E-state index in [1.54, 1.807) is 0 Å². The molecule has 88 valence electrons. The number of hydrogen-bond donors (Lipinski definition) is 1. The van der Waals surface area contributed by atoms with E-state index in [9.17, 15) is 4.79 Å². The van der Waals surface area contributed by atoms with Crippen molar-refractivity contribution < 1.29 is 9.90 Å². The lowest BCUT2D eigenvalue weighted by Gasteiger charge is -2.19. The van der Waals surface area contributed by atoms with Crippen LogP contribution in [0.25, 0.3) is 0 Å². The molecule has 0 aliphatic carbocycles. The fourth-order valence-corrected chi connectivity index (χ4v) is 1.74. The minimum Gasteiger partial charge on any atom is -0.481 e. The molecule has 0 saturated carbocycles. The summed E-state index contributed by atoms with van der Waals surface area (Å²) in [5.74, 6) is -0.880. The maximum atomic E-state index is 10.7. The van der Waals surface area contributed by atoms with Crippen LogP contribution in [0.2, 0.25) is 0 Å². The van der Waals surface area contributed by atoms with Crippen LogP contribution in [0.5, 0.6) is 0 Å². The third kappa shape index (κ3) is 2.35. The normalized spacial score (nSPS) is 16.3. The molecule has 17 heavy (non-hydrogen) atoms. The van der Waals surface area contributed by atoms with Crippen LogP contribution in [0.1, 0.15) is 24.0 Å². The number of aliphatic carboxylic acids is 1. The van der Waals surface area contributed by atoms with E-state index in [1.807, 2.05) is 31.2 Å². The van der Waals surface area contributed by atoms with Gasteiger partial charge in [0, 0.05) is 18.4 Å². The largest absolute Gasteiger partial charge is 0.481 e. The number of carboxylic acid groups (broad SMARTS) is 1. The molecule has 2 rings (SSSR count). The van der Waals surface area contributed by atoms with E-state index in [-0.39, 0.29) is 12.8 Å². The van der Waals surface area contributed by atoms with Gasteiger partial charge in [-0.3, -0.25) is 4.79 Å². The molecule has 0 unspecified atom stereocenters. The second-order valence-corrected chi connectivity index (χ2v) is 3.96. The van der Waals surface area contributed by atoms with E-state index in [2.05, 4.69) is 20.7 Å². The van der Waals surface area contributed by atoms with Crippen molar-refractivity contribution >= 4 is 5.97 Å². The molecular weight excluding hydrogens is 220 g/mol. The molecule has 1 aromatic rings. The van der Waals surface area contributed by atoms with Crippen LogP contribution < -0.4 is 0 Å². The number of carbonyl (C=O) groups is 1. The molecule has 0 amide bonds. The van der Waals surface area contributed by atoms with Gasteiger partial charge in [-0.15, -0.1) is 10.2 Å². The molecule has 1 aliphatic heterocycles. The first-order valence-corrected chi connectivity index (χ1v) is 5.25. The van der Waals surface area contributed by atoms with Crippen molar-refractivity contribution in [2.24, 2.45) is 20.7 Å². The molecule has 0 bridgehead atoms. The summed E-state index contributed by atoms with van der Waals surface area (Å²) in [6, 6.07) is 7.62. The average molecular weight is 232 g/mol. The lowest BCUT2D eigenvalue weighted by molar-refractivity contribution is -0.137. The number of benzene rings is 1.